The van der Waals surface area contributed by atoms with Crippen LogP contribution in [0.1, 0.15) is 39.0 Å². The lowest BCUT2D eigenvalue weighted by atomic mass is 10.1. The second-order valence-electron chi connectivity index (χ2n) is 3.18. The molecule has 0 amide bonds. The van der Waals surface area contributed by atoms with Crippen molar-refractivity contribution in [3.05, 3.63) is 22.5 Å². The van der Waals surface area contributed by atoms with Gasteiger partial charge in [-0.1, -0.05) is 0 Å². The Morgan fingerprint density at radius 1 is 1.53 bits per heavy atom. The molecule has 5 nitrogen and oxygen atoms in total. The van der Waals surface area contributed by atoms with Gasteiger partial charge < -0.3 is 10.6 Å². The molecule has 2 N–H and O–H groups in total. The first-order valence-corrected chi connectivity index (χ1v) is 4.63. The van der Waals surface area contributed by atoms with Crippen molar-refractivity contribution in [1.82, 2.24) is 4.68 Å². The standard InChI is InChI=1S/C10H14N2O3/c1-4-15-10(14)9-6(2)8(5-13)12(11)7(9)3/h5H,4,11H2,1-3H3. The number of esters is 1. The van der Waals surface area contributed by atoms with Crippen LogP contribution in [-0.2, 0) is 4.74 Å². The Labute approximate surface area is 87.8 Å². The smallest absolute Gasteiger partial charge is 0.340 e. The van der Waals surface area contributed by atoms with Gasteiger partial charge in [0.05, 0.1) is 17.9 Å². The summed E-state index contributed by atoms with van der Waals surface area (Å²) in [5, 5.41) is 0. The zero-order valence-electron chi connectivity index (χ0n) is 9.03. The van der Waals surface area contributed by atoms with Gasteiger partial charge >= 0.3 is 5.97 Å². The zero-order chi connectivity index (χ0) is 11.6. The van der Waals surface area contributed by atoms with Crippen molar-refractivity contribution < 1.29 is 14.3 Å². The van der Waals surface area contributed by atoms with Gasteiger partial charge in [0.2, 0.25) is 0 Å². The number of hydrogen-bond donors (Lipinski definition) is 1. The highest BCUT2D eigenvalue weighted by atomic mass is 16.5. The molecule has 15 heavy (non-hydrogen) atoms. The van der Waals surface area contributed by atoms with E-state index in [1.54, 1.807) is 20.8 Å². The van der Waals surface area contributed by atoms with E-state index in [0.29, 0.717) is 35.4 Å². The van der Waals surface area contributed by atoms with Crippen LogP contribution in [0.2, 0.25) is 0 Å². The van der Waals surface area contributed by atoms with Crippen LogP contribution in [0.15, 0.2) is 0 Å². The predicted molar refractivity (Wildman–Crippen MR) is 55.4 cm³/mol. The molecule has 0 spiro atoms. The van der Waals surface area contributed by atoms with Crippen LogP contribution >= 0.6 is 0 Å². The summed E-state index contributed by atoms with van der Waals surface area (Å²) in [7, 11) is 0. The molecule has 0 saturated carbocycles. The van der Waals surface area contributed by atoms with Crippen LogP contribution in [-0.4, -0.2) is 23.5 Å². The first-order chi connectivity index (χ1) is 7.04. The first-order valence-electron chi connectivity index (χ1n) is 4.63. The van der Waals surface area contributed by atoms with E-state index in [-0.39, 0.29) is 0 Å². The van der Waals surface area contributed by atoms with Gasteiger partial charge in [-0.25, -0.2) is 4.79 Å². The minimum absolute atomic E-state index is 0.296. The first kappa shape index (κ1) is 11.3. The Morgan fingerprint density at radius 2 is 2.13 bits per heavy atom. The number of nitrogens with two attached hydrogens (primary N) is 1. The Morgan fingerprint density at radius 3 is 2.53 bits per heavy atom. The normalized spacial score (nSPS) is 10.1. The summed E-state index contributed by atoms with van der Waals surface area (Å²) in [6, 6.07) is 0. The van der Waals surface area contributed by atoms with Crippen molar-refractivity contribution in [3.8, 4) is 0 Å². The number of carbonyl (C=O) groups excluding carboxylic acids is 2. The minimum atomic E-state index is -0.445. The molecule has 0 aromatic carbocycles. The van der Waals surface area contributed by atoms with Crippen molar-refractivity contribution in [3.63, 3.8) is 0 Å². The van der Waals surface area contributed by atoms with E-state index < -0.39 is 5.97 Å². The Bertz CT molecular complexity index is 407. The van der Waals surface area contributed by atoms with E-state index in [4.69, 9.17) is 10.6 Å². The van der Waals surface area contributed by atoms with Crippen molar-refractivity contribution in [2.45, 2.75) is 20.8 Å². The largest absolute Gasteiger partial charge is 0.462 e. The SMILES string of the molecule is CCOC(=O)c1c(C)c(C=O)n(N)c1C. The van der Waals surface area contributed by atoms with Gasteiger partial charge in [0.25, 0.3) is 0 Å². The summed E-state index contributed by atoms with van der Waals surface area (Å²) in [4.78, 5) is 22.3. The summed E-state index contributed by atoms with van der Waals surface area (Å²) < 4.78 is 6.08. The van der Waals surface area contributed by atoms with E-state index >= 15 is 0 Å². The number of nitrogens with zero attached hydrogens (tertiary/aromatic N) is 1. The average molecular weight is 210 g/mol. The van der Waals surface area contributed by atoms with Crippen LogP contribution in [0.4, 0.5) is 0 Å². The fourth-order valence-electron chi connectivity index (χ4n) is 1.53. The molecule has 0 saturated heterocycles. The molecule has 1 aromatic rings. The molecular weight excluding hydrogens is 196 g/mol. The highest BCUT2D eigenvalue weighted by Crippen LogP contribution is 2.19. The van der Waals surface area contributed by atoms with Gasteiger partial charge in [-0.15, -0.1) is 0 Å². The molecule has 1 aromatic heterocycles. The summed E-state index contributed by atoms with van der Waals surface area (Å²) in [5.41, 5.74) is 1.77. The van der Waals surface area contributed by atoms with Gasteiger partial charge in [0.1, 0.15) is 5.69 Å². The number of aldehydes is 1. The summed E-state index contributed by atoms with van der Waals surface area (Å²) >= 11 is 0. The van der Waals surface area contributed by atoms with Gasteiger partial charge in [-0.3, -0.25) is 9.47 Å². The maximum atomic E-state index is 11.6. The minimum Gasteiger partial charge on any atom is -0.462 e. The molecule has 0 atom stereocenters. The lowest BCUT2D eigenvalue weighted by molar-refractivity contribution is 0.0524. The fraction of sp³-hybridized carbons (Fsp3) is 0.400. The molecule has 0 aliphatic heterocycles. The number of carbonyl (C=O) groups is 2. The third-order valence-corrected chi connectivity index (χ3v) is 2.33. The predicted octanol–water partition coefficient (Wildman–Crippen LogP) is 0.808. The van der Waals surface area contributed by atoms with Gasteiger partial charge in [-0.2, -0.15) is 0 Å². The molecule has 0 radical (unpaired) electrons. The number of hydrogen-bond acceptors (Lipinski definition) is 4. The van der Waals surface area contributed by atoms with E-state index in [1.165, 1.54) is 4.68 Å². The van der Waals surface area contributed by atoms with E-state index in [1.807, 2.05) is 0 Å². The highest BCUT2D eigenvalue weighted by Gasteiger charge is 2.21. The van der Waals surface area contributed by atoms with E-state index in [2.05, 4.69) is 0 Å². The van der Waals surface area contributed by atoms with Crippen molar-refractivity contribution >= 4 is 12.3 Å². The van der Waals surface area contributed by atoms with E-state index in [0.717, 1.165) is 0 Å². The number of rotatable bonds is 3. The monoisotopic (exact) mass is 210 g/mol. The summed E-state index contributed by atoms with van der Waals surface area (Å²) in [5.74, 6) is 5.18. The van der Waals surface area contributed by atoms with Crippen LogP contribution in [0, 0.1) is 13.8 Å². The number of ether oxygens (including phenoxy) is 1. The molecule has 0 bridgehead atoms. The van der Waals surface area contributed by atoms with Crippen molar-refractivity contribution in [1.29, 1.82) is 0 Å². The van der Waals surface area contributed by atoms with Crippen molar-refractivity contribution in [2.75, 3.05) is 12.4 Å². The molecular formula is C10H14N2O3. The maximum absolute atomic E-state index is 11.6. The van der Waals surface area contributed by atoms with Gasteiger partial charge in [0, 0.05) is 0 Å². The third kappa shape index (κ3) is 1.72. The molecule has 1 rings (SSSR count). The Hall–Kier alpha value is -1.78. The quantitative estimate of drug-likeness (QED) is 0.455. The topological polar surface area (TPSA) is 74.3 Å². The van der Waals surface area contributed by atoms with Crippen LogP contribution in [0.5, 0.6) is 0 Å². The zero-order valence-corrected chi connectivity index (χ0v) is 9.03. The second kappa shape index (κ2) is 4.16. The fourth-order valence-corrected chi connectivity index (χ4v) is 1.53. The van der Waals surface area contributed by atoms with Gasteiger partial charge in [0.15, 0.2) is 6.29 Å². The lowest BCUT2D eigenvalue weighted by Gasteiger charge is -2.02. The summed E-state index contributed by atoms with van der Waals surface area (Å²) in [6.45, 7) is 5.37. The number of aromatic nitrogens is 1. The van der Waals surface area contributed by atoms with Crippen LogP contribution in [0.3, 0.4) is 0 Å². The second-order valence-corrected chi connectivity index (χ2v) is 3.18. The highest BCUT2D eigenvalue weighted by molar-refractivity contribution is 5.95. The van der Waals surface area contributed by atoms with E-state index in [9.17, 15) is 9.59 Å². The number of nitrogen functional groups attached to an aromatic ring is 1. The average Bonchev–Trinajstić information content (AvgIpc) is 2.39. The molecule has 5 heteroatoms. The molecule has 0 aliphatic rings. The molecule has 0 unspecified atom stereocenters. The summed E-state index contributed by atoms with van der Waals surface area (Å²) in [6.07, 6.45) is 0.630. The maximum Gasteiger partial charge on any atom is 0.340 e. The molecule has 0 aliphatic carbocycles. The Kier molecular flexibility index (Phi) is 3.14. The molecule has 1 heterocycles. The molecule has 0 fully saturated rings. The third-order valence-electron chi connectivity index (χ3n) is 2.33. The molecule has 82 valence electrons. The Balaban J connectivity index is 3.30. The van der Waals surface area contributed by atoms with Crippen molar-refractivity contribution in [2.24, 2.45) is 0 Å². The van der Waals surface area contributed by atoms with Gasteiger partial charge in [-0.05, 0) is 26.3 Å². The van der Waals surface area contributed by atoms with Crippen LogP contribution < -0.4 is 5.84 Å². The van der Waals surface area contributed by atoms with Crippen LogP contribution in [0.25, 0.3) is 0 Å². The lowest BCUT2D eigenvalue weighted by Crippen LogP contribution is -2.14.